The molecule has 3 nitrogen and oxygen atoms in total. The van der Waals surface area contributed by atoms with E-state index in [1.165, 1.54) is 32.4 Å². The first-order valence-corrected chi connectivity index (χ1v) is 7.63. The number of carbonyl (C=O) groups is 1. The number of rotatable bonds is 6. The molecule has 1 fully saturated rings. The van der Waals surface area contributed by atoms with Crippen LogP contribution >= 0.6 is 11.6 Å². The molecular formula is C16H22ClNO2. The predicted octanol–water partition coefficient (Wildman–Crippen LogP) is 3.65. The molecule has 1 aromatic carbocycles. The first-order chi connectivity index (χ1) is 9.69. The van der Waals surface area contributed by atoms with Crippen LogP contribution in [0.15, 0.2) is 18.2 Å². The third-order valence-electron chi connectivity index (χ3n) is 3.96. The van der Waals surface area contributed by atoms with Gasteiger partial charge < -0.3 is 9.64 Å². The largest absolute Gasteiger partial charge is 0.494 e. The summed E-state index contributed by atoms with van der Waals surface area (Å²) in [5.74, 6) is 1.58. The van der Waals surface area contributed by atoms with Gasteiger partial charge in [-0.1, -0.05) is 11.6 Å². The van der Waals surface area contributed by atoms with Gasteiger partial charge in [0.05, 0.1) is 11.6 Å². The highest BCUT2D eigenvalue weighted by molar-refractivity contribution is 6.33. The second kappa shape index (κ2) is 7.65. The van der Waals surface area contributed by atoms with Gasteiger partial charge in [0, 0.05) is 5.56 Å². The number of benzene rings is 1. The van der Waals surface area contributed by atoms with E-state index in [4.69, 9.17) is 16.3 Å². The van der Waals surface area contributed by atoms with Crippen LogP contribution in [-0.2, 0) is 0 Å². The summed E-state index contributed by atoms with van der Waals surface area (Å²) in [6, 6.07) is 5.20. The van der Waals surface area contributed by atoms with Gasteiger partial charge in [-0.3, -0.25) is 4.79 Å². The number of aldehydes is 1. The lowest BCUT2D eigenvalue weighted by Gasteiger charge is -2.28. The minimum atomic E-state index is 0.452. The molecule has 0 spiro atoms. The fourth-order valence-corrected chi connectivity index (χ4v) is 2.82. The van der Waals surface area contributed by atoms with Crippen LogP contribution in [0, 0.1) is 5.92 Å². The summed E-state index contributed by atoms with van der Waals surface area (Å²) in [5.41, 5.74) is 0.505. The van der Waals surface area contributed by atoms with E-state index in [1.54, 1.807) is 18.2 Å². The van der Waals surface area contributed by atoms with E-state index < -0.39 is 0 Å². The summed E-state index contributed by atoms with van der Waals surface area (Å²) in [6.45, 7) is 3.14. The third-order valence-corrected chi connectivity index (χ3v) is 4.29. The van der Waals surface area contributed by atoms with Gasteiger partial charge in [0.1, 0.15) is 5.75 Å². The average Bonchev–Trinajstić information content (AvgIpc) is 2.46. The normalized spacial score (nSPS) is 17.1. The fraction of sp³-hybridized carbons (Fsp3) is 0.562. The third kappa shape index (κ3) is 4.50. The summed E-state index contributed by atoms with van der Waals surface area (Å²) in [4.78, 5) is 13.1. The van der Waals surface area contributed by atoms with Crippen molar-refractivity contribution in [2.45, 2.75) is 25.7 Å². The smallest absolute Gasteiger partial charge is 0.151 e. The van der Waals surface area contributed by atoms with Gasteiger partial charge in [0.15, 0.2) is 6.29 Å². The first kappa shape index (κ1) is 15.3. The summed E-state index contributed by atoms with van der Waals surface area (Å²) in [7, 11) is 2.19. The molecule has 1 aliphatic rings. The lowest BCUT2D eigenvalue weighted by atomic mass is 9.93. The average molecular weight is 296 g/mol. The molecule has 1 saturated heterocycles. The topological polar surface area (TPSA) is 29.5 Å². The Kier molecular flexibility index (Phi) is 5.86. The lowest BCUT2D eigenvalue weighted by molar-refractivity contribution is 0.112. The van der Waals surface area contributed by atoms with Crippen LogP contribution in [0.1, 0.15) is 36.0 Å². The second-order valence-electron chi connectivity index (χ2n) is 5.54. The van der Waals surface area contributed by atoms with Gasteiger partial charge >= 0.3 is 0 Å². The number of carbonyl (C=O) groups excluding carboxylic acids is 1. The Morgan fingerprint density at radius 3 is 2.80 bits per heavy atom. The molecule has 20 heavy (non-hydrogen) atoms. The molecule has 0 amide bonds. The molecule has 0 atom stereocenters. The monoisotopic (exact) mass is 295 g/mol. The number of halogens is 1. The summed E-state index contributed by atoms with van der Waals surface area (Å²) >= 11 is 5.96. The number of ether oxygens (including phenoxy) is 1. The Bertz CT molecular complexity index is 442. The van der Waals surface area contributed by atoms with E-state index in [2.05, 4.69) is 11.9 Å². The van der Waals surface area contributed by atoms with E-state index in [0.29, 0.717) is 17.2 Å². The van der Waals surface area contributed by atoms with E-state index in [1.807, 2.05) is 0 Å². The van der Waals surface area contributed by atoms with E-state index in [-0.39, 0.29) is 0 Å². The Balaban J connectivity index is 1.68. The second-order valence-corrected chi connectivity index (χ2v) is 5.95. The molecule has 1 aromatic rings. The molecule has 0 saturated carbocycles. The van der Waals surface area contributed by atoms with E-state index >= 15 is 0 Å². The molecule has 0 aliphatic carbocycles. The molecule has 0 radical (unpaired) electrons. The fourth-order valence-electron chi connectivity index (χ4n) is 2.61. The van der Waals surface area contributed by atoms with Crippen molar-refractivity contribution in [3.8, 4) is 5.75 Å². The van der Waals surface area contributed by atoms with E-state index in [9.17, 15) is 4.79 Å². The predicted molar refractivity (Wildman–Crippen MR) is 81.8 cm³/mol. The number of piperidine rings is 1. The Hall–Kier alpha value is -1.06. The Morgan fingerprint density at radius 2 is 2.15 bits per heavy atom. The number of likely N-dealkylation sites (tertiary alicyclic amines) is 1. The van der Waals surface area contributed by atoms with Crippen molar-refractivity contribution < 1.29 is 9.53 Å². The van der Waals surface area contributed by atoms with Crippen molar-refractivity contribution in [1.29, 1.82) is 0 Å². The highest BCUT2D eigenvalue weighted by Crippen LogP contribution is 2.23. The quantitative estimate of drug-likeness (QED) is 0.592. The minimum absolute atomic E-state index is 0.452. The summed E-state index contributed by atoms with van der Waals surface area (Å²) < 4.78 is 5.69. The van der Waals surface area contributed by atoms with Crippen LogP contribution in [0.4, 0.5) is 0 Å². The zero-order valence-electron chi connectivity index (χ0n) is 12.0. The molecule has 0 bridgehead atoms. The zero-order chi connectivity index (χ0) is 14.4. The number of nitrogens with zero attached hydrogens (tertiary/aromatic N) is 1. The van der Waals surface area contributed by atoms with Crippen LogP contribution < -0.4 is 4.74 Å². The van der Waals surface area contributed by atoms with Gasteiger partial charge in [-0.15, -0.1) is 0 Å². The van der Waals surface area contributed by atoms with Crippen molar-refractivity contribution in [2.75, 3.05) is 26.7 Å². The SMILES string of the molecule is CN1CCC(CCCOc2ccc(C=O)c(Cl)c2)CC1. The molecule has 110 valence electrons. The molecule has 1 aliphatic heterocycles. The van der Waals surface area contributed by atoms with Crippen molar-refractivity contribution in [1.82, 2.24) is 4.90 Å². The standard InChI is InChI=1S/C16H22ClNO2/c1-18-8-6-13(7-9-18)3-2-10-20-15-5-4-14(12-19)16(17)11-15/h4-5,11-13H,2-3,6-10H2,1H3. The van der Waals surface area contributed by atoms with E-state index in [0.717, 1.165) is 24.4 Å². The van der Waals surface area contributed by atoms with Crippen molar-refractivity contribution in [3.63, 3.8) is 0 Å². The van der Waals surface area contributed by atoms with Crippen molar-refractivity contribution in [2.24, 2.45) is 5.92 Å². The first-order valence-electron chi connectivity index (χ1n) is 7.25. The Labute approximate surface area is 125 Å². The molecule has 0 unspecified atom stereocenters. The number of hydrogen-bond acceptors (Lipinski definition) is 3. The van der Waals surface area contributed by atoms with Crippen LogP contribution in [-0.4, -0.2) is 37.9 Å². The summed E-state index contributed by atoms with van der Waals surface area (Å²) in [5, 5.41) is 0.452. The van der Waals surface area contributed by atoms with Crippen LogP contribution in [0.25, 0.3) is 0 Å². The molecule has 4 heteroatoms. The van der Waals surface area contributed by atoms with Gasteiger partial charge in [-0.25, -0.2) is 0 Å². The highest BCUT2D eigenvalue weighted by Gasteiger charge is 2.15. The molecule has 1 heterocycles. The molecule has 0 aromatic heterocycles. The van der Waals surface area contributed by atoms with Crippen LogP contribution in [0.5, 0.6) is 5.75 Å². The van der Waals surface area contributed by atoms with Gasteiger partial charge in [-0.2, -0.15) is 0 Å². The van der Waals surface area contributed by atoms with Crippen LogP contribution in [0.3, 0.4) is 0 Å². The van der Waals surface area contributed by atoms with Crippen molar-refractivity contribution >= 4 is 17.9 Å². The maximum Gasteiger partial charge on any atom is 0.151 e. The maximum atomic E-state index is 10.7. The van der Waals surface area contributed by atoms with Crippen molar-refractivity contribution in [3.05, 3.63) is 28.8 Å². The van der Waals surface area contributed by atoms with Gasteiger partial charge in [0.25, 0.3) is 0 Å². The molecule has 2 rings (SSSR count). The van der Waals surface area contributed by atoms with Gasteiger partial charge in [-0.05, 0) is 69.9 Å². The summed E-state index contributed by atoms with van der Waals surface area (Å²) in [6.07, 6.45) is 5.66. The van der Waals surface area contributed by atoms with Crippen LogP contribution in [0.2, 0.25) is 5.02 Å². The molecule has 0 N–H and O–H groups in total. The Morgan fingerprint density at radius 1 is 1.40 bits per heavy atom. The zero-order valence-corrected chi connectivity index (χ0v) is 12.7. The highest BCUT2D eigenvalue weighted by atomic mass is 35.5. The van der Waals surface area contributed by atoms with Gasteiger partial charge in [0.2, 0.25) is 0 Å². The molecular weight excluding hydrogens is 274 g/mol. The number of hydrogen-bond donors (Lipinski definition) is 0. The lowest BCUT2D eigenvalue weighted by Crippen LogP contribution is -2.30. The minimum Gasteiger partial charge on any atom is -0.494 e. The maximum absolute atomic E-state index is 10.7.